The monoisotopic (exact) mass is 281 g/mol. The summed E-state index contributed by atoms with van der Waals surface area (Å²) in [6, 6.07) is 6.15. The number of aromatic nitrogens is 2. The molecular formula is C13H13Cl2N3. The Morgan fingerprint density at radius 3 is 2.72 bits per heavy atom. The van der Waals surface area contributed by atoms with Gasteiger partial charge in [0, 0.05) is 12.2 Å². The number of hydrogen-bond acceptors (Lipinski definition) is 2. The van der Waals surface area contributed by atoms with Crippen molar-refractivity contribution in [1.82, 2.24) is 9.55 Å². The van der Waals surface area contributed by atoms with Gasteiger partial charge in [0.2, 0.25) is 5.95 Å². The average Bonchev–Trinajstić information content (AvgIpc) is 3.06. The van der Waals surface area contributed by atoms with Gasteiger partial charge >= 0.3 is 0 Å². The van der Waals surface area contributed by atoms with Crippen LogP contribution < -0.4 is 5.32 Å². The molecule has 0 saturated heterocycles. The molecule has 1 aliphatic rings. The third kappa shape index (κ3) is 2.33. The lowest BCUT2D eigenvalue weighted by atomic mass is 10.3. The van der Waals surface area contributed by atoms with E-state index in [-0.39, 0.29) is 0 Å². The Balaban J connectivity index is 2.00. The lowest BCUT2D eigenvalue weighted by Crippen LogP contribution is -2.07. The van der Waals surface area contributed by atoms with Gasteiger partial charge in [-0.25, -0.2) is 4.98 Å². The lowest BCUT2D eigenvalue weighted by Gasteiger charge is -2.09. The van der Waals surface area contributed by atoms with Crippen LogP contribution in [0.15, 0.2) is 24.4 Å². The molecule has 5 heteroatoms. The van der Waals surface area contributed by atoms with Gasteiger partial charge in [0.05, 0.1) is 21.4 Å². The zero-order valence-electron chi connectivity index (χ0n) is 9.95. The topological polar surface area (TPSA) is 29.9 Å². The number of aryl methyl sites for hydroxylation is 1. The number of anilines is 1. The van der Waals surface area contributed by atoms with Crippen molar-refractivity contribution in [2.45, 2.75) is 25.8 Å². The van der Waals surface area contributed by atoms with E-state index >= 15 is 0 Å². The number of rotatable bonds is 3. The van der Waals surface area contributed by atoms with E-state index in [9.17, 15) is 0 Å². The van der Waals surface area contributed by atoms with Crippen molar-refractivity contribution in [3.63, 3.8) is 0 Å². The first-order valence-corrected chi connectivity index (χ1v) is 6.67. The number of halogens is 2. The van der Waals surface area contributed by atoms with Crippen molar-refractivity contribution < 1.29 is 0 Å². The van der Waals surface area contributed by atoms with Crippen molar-refractivity contribution >= 4 is 29.2 Å². The Bertz CT molecular complexity index is 588. The first kappa shape index (κ1) is 11.9. The predicted molar refractivity (Wildman–Crippen MR) is 75.0 cm³/mol. The number of nitrogens with one attached hydrogen (secondary N) is 1. The Kier molecular flexibility index (Phi) is 2.96. The summed E-state index contributed by atoms with van der Waals surface area (Å²) in [5, 5.41) is 4.53. The second-order valence-electron chi connectivity index (χ2n) is 4.59. The SMILES string of the molecule is Cc1cn(-c2ccc(Cl)c(Cl)c2)c(NC2CC2)n1. The summed E-state index contributed by atoms with van der Waals surface area (Å²) in [4.78, 5) is 4.50. The fourth-order valence-electron chi connectivity index (χ4n) is 1.84. The molecule has 0 amide bonds. The first-order valence-electron chi connectivity index (χ1n) is 5.91. The first-order chi connectivity index (χ1) is 8.63. The van der Waals surface area contributed by atoms with Gasteiger partial charge in [0.1, 0.15) is 0 Å². The minimum atomic E-state index is 0.554. The molecule has 0 spiro atoms. The molecule has 0 aliphatic heterocycles. The van der Waals surface area contributed by atoms with E-state index in [0.717, 1.165) is 17.3 Å². The van der Waals surface area contributed by atoms with Crippen molar-refractivity contribution in [2.75, 3.05) is 5.32 Å². The molecule has 1 aliphatic carbocycles. The molecule has 0 unspecified atom stereocenters. The van der Waals surface area contributed by atoms with Gasteiger partial charge in [0.15, 0.2) is 0 Å². The highest BCUT2D eigenvalue weighted by molar-refractivity contribution is 6.42. The third-order valence-corrected chi connectivity index (χ3v) is 3.66. The summed E-state index contributed by atoms with van der Waals surface area (Å²) < 4.78 is 2.01. The molecule has 18 heavy (non-hydrogen) atoms. The lowest BCUT2D eigenvalue weighted by molar-refractivity contribution is 1.00. The summed E-state index contributed by atoms with van der Waals surface area (Å²) >= 11 is 12.0. The minimum absolute atomic E-state index is 0.554. The Labute approximate surface area is 116 Å². The maximum Gasteiger partial charge on any atom is 0.207 e. The van der Waals surface area contributed by atoms with Crippen LogP contribution in [0.3, 0.4) is 0 Å². The Hall–Kier alpha value is -1.19. The number of hydrogen-bond donors (Lipinski definition) is 1. The van der Waals surface area contributed by atoms with Gasteiger partial charge < -0.3 is 5.32 Å². The van der Waals surface area contributed by atoms with Crippen LogP contribution in [0, 0.1) is 6.92 Å². The molecule has 1 heterocycles. The second kappa shape index (κ2) is 4.48. The highest BCUT2D eigenvalue weighted by Gasteiger charge is 2.23. The van der Waals surface area contributed by atoms with Crippen LogP contribution in [0.5, 0.6) is 0 Å². The van der Waals surface area contributed by atoms with Gasteiger partial charge in [-0.2, -0.15) is 0 Å². The molecule has 1 fully saturated rings. The molecule has 94 valence electrons. The van der Waals surface area contributed by atoms with Crippen LogP contribution in [-0.4, -0.2) is 15.6 Å². The standard InChI is InChI=1S/C13H13Cl2N3/c1-8-7-18(13(16-8)17-9-2-3-9)10-4-5-11(14)12(15)6-10/h4-7,9H,2-3H2,1H3,(H,16,17). The molecular weight excluding hydrogens is 269 g/mol. The van der Waals surface area contributed by atoms with E-state index in [4.69, 9.17) is 23.2 Å². The van der Waals surface area contributed by atoms with Gasteiger partial charge in [-0.3, -0.25) is 4.57 Å². The van der Waals surface area contributed by atoms with E-state index in [1.807, 2.05) is 29.8 Å². The fraction of sp³-hybridized carbons (Fsp3) is 0.308. The van der Waals surface area contributed by atoms with Crippen molar-refractivity contribution in [1.29, 1.82) is 0 Å². The normalized spacial score (nSPS) is 14.8. The molecule has 1 aromatic heterocycles. The highest BCUT2D eigenvalue weighted by Crippen LogP contribution is 2.29. The van der Waals surface area contributed by atoms with E-state index in [2.05, 4.69) is 10.3 Å². The zero-order valence-corrected chi connectivity index (χ0v) is 11.5. The maximum absolute atomic E-state index is 6.05. The average molecular weight is 282 g/mol. The number of imidazole rings is 1. The van der Waals surface area contributed by atoms with Gasteiger partial charge in [0.25, 0.3) is 0 Å². The summed E-state index contributed by atoms with van der Waals surface area (Å²) in [6.45, 7) is 1.98. The molecule has 0 bridgehead atoms. The summed E-state index contributed by atoms with van der Waals surface area (Å²) in [6.07, 6.45) is 4.42. The van der Waals surface area contributed by atoms with E-state index < -0.39 is 0 Å². The molecule has 0 radical (unpaired) electrons. The predicted octanol–water partition coefficient (Wildman–Crippen LogP) is 4.06. The number of nitrogens with zero attached hydrogens (tertiary/aromatic N) is 2. The van der Waals surface area contributed by atoms with Crippen LogP contribution in [0.25, 0.3) is 5.69 Å². The fourth-order valence-corrected chi connectivity index (χ4v) is 2.13. The molecule has 0 atom stereocenters. The van der Waals surface area contributed by atoms with Crippen LogP contribution in [0.2, 0.25) is 10.0 Å². The number of benzene rings is 1. The molecule has 3 nitrogen and oxygen atoms in total. The van der Waals surface area contributed by atoms with E-state index in [0.29, 0.717) is 16.1 Å². The summed E-state index contributed by atoms with van der Waals surface area (Å²) in [5.41, 5.74) is 1.94. The van der Waals surface area contributed by atoms with Crippen molar-refractivity contribution in [3.05, 3.63) is 40.1 Å². The largest absolute Gasteiger partial charge is 0.353 e. The van der Waals surface area contributed by atoms with Gasteiger partial charge in [-0.15, -0.1) is 0 Å². The zero-order chi connectivity index (χ0) is 12.7. The van der Waals surface area contributed by atoms with Crippen LogP contribution in [0.1, 0.15) is 18.5 Å². The maximum atomic E-state index is 6.05. The summed E-state index contributed by atoms with van der Waals surface area (Å²) in [5.74, 6) is 0.869. The van der Waals surface area contributed by atoms with Crippen LogP contribution in [-0.2, 0) is 0 Å². The molecule has 2 aromatic rings. The van der Waals surface area contributed by atoms with Crippen molar-refractivity contribution in [3.8, 4) is 5.69 Å². The van der Waals surface area contributed by atoms with Crippen molar-refractivity contribution in [2.24, 2.45) is 0 Å². The third-order valence-electron chi connectivity index (χ3n) is 2.92. The summed E-state index contributed by atoms with van der Waals surface area (Å²) in [7, 11) is 0. The van der Waals surface area contributed by atoms with Gasteiger partial charge in [-0.05, 0) is 38.0 Å². The second-order valence-corrected chi connectivity index (χ2v) is 5.41. The van der Waals surface area contributed by atoms with E-state index in [1.165, 1.54) is 12.8 Å². The van der Waals surface area contributed by atoms with Gasteiger partial charge in [-0.1, -0.05) is 23.2 Å². The van der Waals surface area contributed by atoms with Crippen LogP contribution >= 0.6 is 23.2 Å². The minimum Gasteiger partial charge on any atom is -0.353 e. The Morgan fingerprint density at radius 1 is 1.28 bits per heavy atom. The molecule has 1 saturated carbocycles. The quantitative estimate of drug-likeness (QED) is 0.920. The highest BCUT2D eigenvalue weighted by atomic mass is 35.5. The van der Waals surface area contributed by atoms with Crippen LogP contribution in [0.4, 0.5) is 5.95 Å². The molecule has 3 rings (SSSR count). The molecule has 1 N–H and O–H groups in total. The Morgan fingerprint density at radius 2 is 2.06 bits per heavy atom. The molecule has 1 aromatic carbocycles. The smallest absolute Gasteiger partial charge is 0.207 e. The van der Waals surface area contributed by atoms with E-state index in [1.54, 1.807) is 6.07 Å².